The third kappa shape index (κ3) is 3.67. The molecule has 0 aliphatic heterocycles. The summed E-state index contributed by atoms with van der Waals surface area (Å²) in [7, 11) is 0. The third-order valence-electron chi connectivity index (χ3n) is 1.48. The second-order valence-electron chi connectivity index (χ2n) is 2.43. The Hall–Kier alpha value is 0.1000. The average Bonchev–Trinajstić information content (AvgIpc) is 2.09. The topological polar surface area (TPSA) is 12.0 Å². The van der Waals surface area contributed by atoms with Crippen LogP contribution in [0.1, 0.15) is 0 Å². The molecule has 1 aromatic rings. The van der Waals surface area contributed by atoms with Gasteiger partial charge in [0.05, 0.1) is 0 Å². The van der Waals surface area contributed by atoms with Crippen LogP contribution in [0.15, 0.2) is 24.3 Å². The Kier molecular flexibility index (Phi) is 4.83. The van der Waals surface area contributed by atoms with E-state index in [1.807, 2.05) is 11.8 Å². The first-order valence-electron chi connectivity index (χ1n) is 3.81. The van der Waals surface area contributed by atoms with Gasteiger partial charge in [-0.05, 0) is 53.1 Å². The minimum atomic E-state index is 1.04. The summed E-state index contributed by atoms with van der Waals surface area (Å²) in [6.45, 7) is 1.04. The zero-order chi connectivity index (χ0) is 8.81. The fraction of sp³-hybridized carbons (Fsp3) is 0.333. The van der Waals surface area contributed by atoms with Gasteiger partial charge in [-0.3, -0.25) is 0 Å². The number of halogens is 1. The molecule has 0 amide bonds. The first-order valence-corrected chi connectivity index (χ1v) is 6.28. The van der Waals surface area contributed by atoms with Crippen molar-refractivity contribution in [2.24, 2.45) is 0 Å². The van der Waals surface area contributed by atoms with Gasteiger partial charge >= 0.3 is 0 Å². The van der Waals surface area contributed by atoms with Crippen LogP contribution >= 0.6 is 34.4 Å². The summed E-state index contributed by atoms with van der Waals surface area (Å²) in [6.07, 6.45) is 2.12. The highest BCUT2D eigenvalue weighted by atomic mass is 127. The largest absolute Gasteiger partial charge is 0.384 e. The number of thioether (sulfide) groups is 1. The van der Waals surface area contributed by atoms with Gasteiger partial charge in [0.25, 0.3) is 0 Å². The van der Waals surface area contributed by atoms with Crippen molar-refractivity contribution in [3.05, 3.63) is 27.8 Å². The molecule has 66 valence electrons. The van der Waals surface area contributed by atoms with Crippen molar-refractivity contribution in [3.63, 3.8) is 0 Å². The van der Waals surface area contributed by atoms with Crippen LogP contribution in [0.3, 0.4) is 0 Å². The van der Waals surface area contributed by atoms with Gasteiger partial charge in [-0.25, -0.2) is 0 Å². The predicted molar refractivity (Wildman–Crippen MR) is 66.0 cm³/mol. The molecule has 0 aliphatic rings. The zero-order valence-corrected chi connectivity index (χ0v) is 9.98. The molecule has 0 heterocycles. The van der Waals surface area contributed by atoms with E-state index in [1.165, 1.54) is 9.26 Å². The number of benzene rings is 1. The van der Waals surface area contributed by atoms with Gasteiger partial charge in [0, 0.05) is 21.6 Å². The van der Waals surface area contributed by atoms with Crippen LogP contribution < -0.4 is 5.32 Å². The van der Waals surface area contributed by atoms with E-state index >= 15 is 0 Å². The Bertz CT molecular complexity index is 222. The summed E-state index contributed by atoms with van der Waals surface area (Å²) in [6, 6.07) is 8.45. The molecular weight excluding hydrogens is 281 g/mol. The lowest BCUT2D eigenvalue weighted by Gasteiger charge is -2.04. The normalized spacial score (nSPS) is 9.83. The van der Waals surface area contributed by atoms with Gasteiger partial charge < -0.3 is 5.32 Å². The summed E-state index contributed by atoms with van der Waals surface area (Å²) in [5, 5.41) is 3.35. The Labute approximate surface area is 91.5 Å². The maximum atomic E-state index is 3.35. The monoisotopic (exact) mass is 293 g/mol. The van der Waals surface area contributed by atoms with E-state index in [2.05, 4.69) is 58.4 Å². The van der Waals surface area contributed by atoms with E-state index in [0.29, 0.717) is 0 Å². The van der Waals surface area contributed by atoms with Crippen LogP contribution in [0.25, 0.3) is 0 Å². The lowest BCUT2D eigenvalue weighted by atomic mass is 10.3. The number of hydrogen-bond donors (Lipinski definition) is 1. The summed E-state index contributed by atoms with van der Waals surface area (Å²) < 4.78 is 1.28. The van der Waals surface area contributed by atoms with Crippen molar-refractivity contribution in [1.29, 1.82) is 0 Å². The summed E-state index contributed by atoms with van der Waals surface area (Å²) >= 11 is 4.17. The van der Waals surface area contributed by atoms with E-state index in [0.717, 1.165) is 12.3 Å². The predicted octanol–water partition coefficient (Wildman–Crippen LogP) is 3.07. The quantitative estimate of drug-likeness (QED) is 0.676. The van der Waals surface area contributed by atoms with Crippen molar-refractivity contribution in [2.75, 3.05) is 23.9 Å². The highest BCUT2D eigenvalue weighted by Crippen LogP contribution is 2.10. The smallest absolute Gasteiger partial charge is 0.0341 e. The molecule has 1 N–H and O–H groups in total. The van der Waals surface area contributed by atoms with Crippen LogP contribution in [0, 0.1) is 3.57 Å². The third-order valence-corrected chi connectivity index (χ3v) is 2.81. The molecule has 0 bridgehead atoms. The Morgan fingerprint density at radius 1 is 1.33 bits per heavy atom. The lowest BCUT2D eigenvalue weighted by Crippen LogP contribution is -2.03. The SMILES string of the molecule is CSCCNc1ccc(I)cc1. The maximum Gasteiger partial charge on any atom is 0.0341 e. The van der Waals surface area contributed by atoms with Gasteiger partial charge in [0.1, 0.15) is 0 Å². The van der Waals surface area contributed by atoms with E-state index in [4.69, 9.17) is 0 Å². The van der Waals surface area contributed by atoms with E-state index in [1.54, 1.807) is 0 Å². The molecule has 0 saturated carbocycles. The van der Waals surface area contributed by atoms with Crippen LogP contribution in [0.4, 0.5) is 5.69 Å². The Morgan fingerprint density at radius 2 is 2.00 bits per heavy atom. The van der Waals surface area contributed by atoms with Crippen molar-refractivity contribution in [3.8, 4) is 0 Å². The number of hydrogen-bond acceptors (Lipinski definition) is 2. The van der Waals surface area contributed by atoms with E-state index < -0.39 is 0 Å². The highest BCUT2D eigenvalue weighted by Gasteiger charge is 1.89. The molecule has 0 fully saturated rings. The molecule has 0 aliphatic carbocycles. The van der Waals surface area contributed by atoms with Crippen molar-refractivity contribution in [2.45, 2.75) is 0 Å². The minimum Gasteiger partial charge on any atom is -0.384 e. The van der Waals surface area contributed by atoms with Crippen LogP contribution in [-0.4, -0.2) is 18.6 Å². The second kappa shape index (κ2) is 5.70. The van der Waals surface area contributed by atoms with Gasteiger partial charge in [0.2, 0.25) is 0 Å². The molecule has 0 unspecified atom stereocenters. The molecular formula is C9H12INS. The van der Waals surface area contributed by atoms with Gasteiger partial charge in [-0.15, -0.1) is 0 Å². The van der Waals surface area contributed by atoms with Gasteiger partial charge in [-0.2, -0.15) is 11.8 Å². The van der Waals surface area contributed by atoms with Crippen molar-refractivity contribution in [1.82, 2.24) is 0 Å². The average molecular weight is 293 g/mol. The fourth-order valence-corrected chi connectivity index (χ4v) is 1.53. The summed E-state index contributed by atoms with van der Waals surface area (Å²) in [4.78, 5) is 0. The first kappa shape index (κ1) is 10.2. The van der Waals surface area contributed by atoms with E-state index in [-0.39, 0.29) is 0 Å². The molecule has 12 heavy (non-hydrogen) atoms. The van der Waals surface area contributed by atoms with Crippen LogP contribution in [0.2, 0.25) is 0 Å². The fourth-order valence-electron chi connectivity index (χ4n) is 0.865. The number of nitrogens with one attached hydrogen (secondary N) is 1. The molecule has 0 saturated heterocycles. The van der Waals surface area contributed by atoms with Crippen molar-refractivity contribution < 1.29 is 0 Å². The highest BCUT2D eigenvalue weighted by molar-refractivity contribution is 14.1. The Morgan fingerprint density at radius 3 is 2.58 bits per heavy atom. The molecule has 1 aromatic carbocycles. The summed E-state index contributed by atoms with van der Waals surface area (Å²) in [5.41, 5.74) is 1.21. The molecule has 1 nitrogen and oxygen atoms in total. The van der Waals surface area contributed by atoms with Gasteiger partial charge in [-0.1, -0.05) is 0 Å². The molecule has 0 atom stereocenters. The number of anilines is 1. The minimum absolute atomic E-state index is 1.04. The standard InChI is InChI=1S/C9H12INS/c1-12-7-6-11-9-4-2-8(10)3-5-9/h2-5,11H,6-7H2,1H3. The van der Waals surface area contributed by atoms with E-state index in [9.17, 15) is 0 Å². The summed E-state index contributed by atoms with van der Waals surface area (Å²) in [5.74, 6) is 1.16. The maximum absolute atomic E-state index is 3.35. The second-order valence-corrected chi connectivity index (χ2v) is 4.66. The van der Waals surface area contributed by atoms with Gasteiger partial charge in [0.15, 0.2) is 0 Å². The molecule has 0 spiro atoms. The first-order chi connectivity index (χ1) is 5.83. The molecule has 1 rings (SSSR count). The number of rotatable bonds is 4. The van der Waals surface area contributed by atoms with Crippen LogP contribution in [-0.2, 0) is 0 Å². The molecule has 3 heteroatoms. The molecule has 0 radical (unpaired) electrons. The Balaban J connectivity index is 2.37. The zero-order valence-electron chi connectivity index (χ0n) is 7.01. The van der Waals surface area contributed by atoms with Crippen molar-refractivity contribution >= 4 is 40.0 Å². The molecule has 0 aromatic heterocycles. The van der Waals surface area contributed by atoms with Crippen LogP contribution in [0.5, 0.6) is 0 Å². The lowest BCUT2D eigenvalue weighted by molar-refractivity contribution is 1.23.